The summed E-state index contributed by atoms with van der Waals surface area (Å²) in [5, 5.41) is 13.4. The molecule has 3 rings (SSSR count). The summed E-state index contributed by atoms with van der Waals surface area (Å²) in [6, 6.07) is 9.39. The van der Waals surface area contributed by atoms with E-state index in [0.717, 1.165) is 11.4 Å². The molecule has 0 spiro atoms. The minimum atomic E-state index is -0.561. The summed E-state index contributed by atoms with van der Waals surface area (Å²) in [5.41, 5.74) is 1.30. The highest BCUT2D eigenvalue weighted by Gasteiger charge is 2.33. The van der Waals surface area contributed by atoms with E-state index in [-0.39, 0.29) is 17.0 Å². The van der Waals surface area contributed by atoms with Crippen LogP contribution in [0.15, 0.2) is 52.9 Å². The standard InChI is InChI=1S/C22H21N3O4S/c1-24-19-17(12-23)22(25-13-5-7-14(27-2)8-6-13)30-21(19)20(26)16-11-15(28-3)9-10-18(16)29-4/h5-10,16,25H,1,11H2,2-4H3. The van der Waals surface area contributed by atoms with Gasteiger partial charge < -0.3 is 19.5 Å². The number of ketones is 1. The maximum Gasteiger partial charge on any atom is 0.186 e. The summed E-state index contributed by atoms with van der Waals surface area (Å²) in [7, 11) is 4.68. The Kier molecular flexibility index (Phi) is 6.54. The highest BCUT2D eigenvalue weighted by Crippen LogP contribution is 2.43. The summed E-state index contributed by atoms with van der Waals surface area (Å²) < 4.78 is 15.9. The lowest BCUT2D eigenvalue weighted by Gasteiger charge is -2.22. The number of carbonyl (C=O) groups excluding carboxylic acids is 1. The largest absolute Gasteiger partial charge is 0.501 e. The van der Waals surface area contributed by atoms with Crippen LogP contribution in [0.3, 0.4) is 0 Å². The number of hydrogen-bond acceptors (Lipinski definition) is 8. The Morgan fingerprint density at radius 2 is 1.93 bits per heavy atom. The third-order valence-corrected chi connectivity index (χ3v) is 5.83. The monoisotopic (exact) mass is 423 g/mol. The van der Waals surface area contributed by atoms with E-state index < -0.39 is 5.92 Å². The van der Waals surface area contributed by atoms with E-state index >= 15 is 0 Å². The number of methoxy groups -OCH3 is 3. The number of Topliss-reactive ketones (excluding diaryl/α,β-unsaturated/α-hetero) is 1. The van der Waals surface area contributed by atoms with E-state index in [1.807, 2.05) is 12.1 Å². The predicted octanol–water partition coefficient (Wildman–Crippen LogP) is 4.97. The molecule has 0 radical (unpaired) electrons. The minimum absolute atomic E-state index is 0.197. The van der Waals surface area contributed by atoms with Gasteiger partial charge in [-0.25, -0.2) is 0 Å². The van der Waals surface area contributed by atoms with Gasteiger partial charge in [-0.05, 0) is 43.1 Å². The zero-order valence-corrected chi connectivity index (χ0v) is 17.7. The molecule has 1 unspecified atom stereocenters. The molecule has 30 heavy (non-hydrogen) atoms. The van der Waals surface area contributed by atoms with Crippen molar-refractivity contribution in [2.45, 2.75) is 6.42 Å². The van der Waals surface area contributed by atoms with Crippen LogP contribution < -0.4 is 10.1 Å². The van der Waals surface area contributed by atoms with Crippen LogP contribution in [0.25, 0.3) is 0 Å². The van der Waals surface area contributed by atoms with E-state index in [1.54, 1.807) is 38.5 Å². The number of allylic oxidation sites excluding steroid dienone is 4. The van der Waals surface area contributed by atoms with Crippen LogP contribution in [-0.4, -0.2) is 33.8 Å². The maximum absolute atomic E-state index is 13.4. The molecule has 1 aliphatic rings. The van der Waals surface area contributed by atoms with Crippen molar-refractivity contribution >= 4 is 40.2 Å². The summed E-state index contributed by atoms with van der Waals surface area (Å²) in [4.78, 5) is 17.7. The summed E-state index contributed by atoms with van der Waals surface area (Å²) >= 11 is 1.17. The zero-order valence-electron chi connectivity index (χ0n) is 16.9. The molecule has 1 N–H and O–H groups in total. The quantitative estimate of drug-likeness (QED) is 0.476. The molecule has 1 atom stereocenters. The van der Waals surface area contributed by atoms with Crippen molar-refractivity contribution in [1.29, 1.82) is 5.26 Å². The first-order valence-electron chi connectivity index (χ1n) is 9.03. The number of nitriles is 1. The van der Waals surface area contributed by atoms with Gasteiger partial charge in [0.05, 0.1) is 33.0 Å². The van der Waals surface area contributed by atoms with Crippen LogP contribution >= 0.6 is 11.3 Å². The Balaban J connectivity index is 1.98. The molecule has 0 aliphatic heterocycles. The first-order valence-corrected chi connectivity index (χ1v) is 9.85. The molecule has 2 aromatic rings. The van der Waals surface area contributed by atoms with E-state index in [2.05, 4.69) is 23.1 Å². The average Bonchev–Trinajstić information content (AvgIpc) is 3.15. The Hall–Kier alpha value is -3.57. The van der Waals surface area contributed by atoms with Gasteiger partial charge in [0, 0.05) is 12.1 Å². The van der Waals surface area contributed by atoms with Gasteiger partial charge in [-0.1, -0.05) is 0 Å². The van der Waals surface area contributed by atoms with Crippen LogP contribution in [0.2, 0.25) is 0 Å². The molecular weight excluding hydrogens is 402 g/mol. The lowest BCUT2D eigenvalue weighted by molar-refractivity contribution is 0.0883. The van der Waals surface area contributed by atoms with Gasteiger partial charge in [0.1, 0.15) is 38.7 Å². The normalized spacial score (nSPS) is 15.3. The molecule has 1 aromatic heterocycles. The molecule has 0 saturated carbocycles. The number of anilines is 2. The molecule has 1 heterocycles. The first-order chi connectivity index (χ1) is 14.6. The van der Waals surface area contributed by atoms with Crippen LogP contribution in [-0.2, 0) is 9.47 Å². The second-order valence-corrected chi connectivity index (χ2v) is 7.36. The van der Waals surface area contributed by atoms with Gasteiger partial charge in [-0.15, -0.1) is 11.3 Å². The molecule has 0 fully saturated rings. The lowest BCUT2D eigenvalue weighted by Crippen LogP contribution is -2.21. The number of ether oxygens (including phenoxy) is 3. The molecular formula is C22H21N3O4S. The number of aliphatic imine (C=N–C) groups is 1. The molecule has 0 bridgehead atoms. The number of hydrogen-bond donors (Lipinski definition) is 1. The molecule has 8 heteroatoms. The molecule has 0 amide bonds. The van der Waals surface area contributed by atoms with Crippen LogP contribution in [0.1, 0.15) is 21.7 Å². The maximum atomic E-state index is 13.4. The minimum Gasteiger partial charge on any atom is -0.501 e. The zero-order chi connectivity index (χ0) is 21.7. The summed E-state index contributed by atoms with van der Waals surface area (Å²) in [6.45, 7) is 3.57. The fourth-order valence-electron chi connectivity index (χ4n) is 3.14. The topological polar surface area (TPSA) is 92.9 Å². The van der Waals surface area contributed by atoms with Crippen molar-refractivity contribution in [2.75, 3.05) is 26.6 Å². The Labute approximate surface area is 178 Å². The van der Waals surface area contributed by atoms with Crippen molar-refractivity contribution in [2.24, 2.45) is 10.9 Å². The van der Waals surface area contributed by atoms with Gasteiger partial charge in [0.25, 0.3) is 0 Å². The number of nitrogens with zero attached hydrogens (tertiary/aromatic N) is 2. The second kappa shape index (κ2) is 9.29. The smallest absolute Gasteiger partial charge is 0.186 e. The van der Waals surface area contributed by atoms with Crippen molar-refractivity contribution in [1.82, 2.24) is 0 Å². The van der Waals surface area contributed by atoms with Crippen LogP contribution in [0.4, 0.5) is 16.4 Å². The number of rotatable bonds is 8. The molecule has 7 nitrogen and oxygen atoms in total. The molecule has 1 aromatic carbocycles. The van der Waals surface area contributed by atoms with Crippen molar-refractivity contribution in [3.8, 4) is 11.8 Å². The van der Waals surface area contributed by atoms with Crippen molar-refractivity contribution < 1.29 is 19.0 Å². The third kappa shape index (κ3) is 4.07. The van der Waals surface area contributed by atoms with Crippen molar-refractivity contribution in [3.63, 3.8) is 0 Å². The Morgan fingerprint density at radius 1 is 1.20 bits per heavy atom. The van der Waals surface area contributed by atoms with Gasteiger partial charge in [-0.2, -0.15) is 5.26 Å². The van der Waals surface area contributed by atoms with Gasteiger partial charge in [0.15, 0.2) is 5.78 Å². The number of thiophene rings is 1. The fraction of sp³-hybridized carbons (Fsp3) is 0.227. The van der Waals surface area contributed by atoms with Gasteiger partial charge >= 0.3 is 0 Å². The SMILES string of the molecule is C=Nc1c(C(=O)C2CC(OC)=CC=C2OC)sc(Nc2ccc(OC)cc2)c1C#N. The van der Waals surface area contributed by atoms with E-state index in [1.165, 1.54) is 18.4 Å². The van der Waals surface area contributed by atoms with Gasteiger partial charge in [-0.3, -0.25) is 9.79 Å². The van der Waals surface area contributed by atoms with Gasteiger partial charge in [0.2, 0.25) is 0 Å². The fourth-order valence-corrected chi connectivity index (χ4v) is 4.26. The summed E-state index contributed by atoms with van der Waals surface area (Å²) in [6.07, 6.45) is 3.87. The molecule has 154 valence electrons. The van der Waals surface area contributed by atoms with E-state index in [4.69, 9.17) is 14.2 Å². The van der Waals surface area contributed by atoms with E-state index in [0.29, 0.717) is 27.8 Å². The summed E-state index contributed by atoms with van der Waals surface area (Å²) in [5.74, 6) is 1.17. The predicted molar refractivity (Wildman–Crippen MR) is 117 cm³/mol. The number of nitrogens with one attached hydrogen (secondary N) is 1. The third-order valence-electron chi connectivity index (χ3n) is 4.72. The highest BCUT2D eigenvalue weighted by molar-refractivity contribution is 7.19. The Bertz CT molecular complexity index is 1060. The highest BCUT2D eigenvalue weighted by atomic mass is 32.1. The lowest BCUT2D eigenvalue weighted by atomic mass is 9.91. The van der Waals surface area contributed by atoms with Crippen LogP contribution in [0.5, 0.6) is 5.75 Å². The second-order valence-electron chi connectivity index (χ2n) is 6.34. The molecule has 0 saturated heterocycles. The number of benzene rings is 1. The van der Waals surface area contributed by atoms with Crippen LogP contribution in [0, 0.1) is 17.2 Å². The average molecular weight is 423 g/mol. The Morgan fingerprint density at radius 3 is 2.50 bits per heavy atom. The molecule has 1 aliphatic carbocycles. The van der Waals surface area contributed by atoms with Crippen molar-refractivity contribution in [3.05, 3.63) is 58.4 Å². The first kappa shape index (κ1) is 21.1. The number of carbonyl (C=O) groups is 1. The van der Waals surface area contributed by atoms with E-state index in [9.17, 15) is 10.1 Å².